The van der Waals surface area contributed by atoms with Crippen molar-refractivity contribution < 1.29 is 27.9 Å². The van der Waals surface area contributed by atoms with Crippen LogP contribution in [0.2, 0.25) is 0 Å². The van der Waals surface area contributed by atoms with Crippen molar-refractivity contribution in [2.75, 3.05) is 0 Å². The molecule has 1 aromatic carbocycles. The molecule has 2 rings (SSSR count). The van der Waals surface area contributed by atoms with Gasteiger partial charge in [0.15, 0.2) is 5.71 Å². The molecule has 0 bridgehead atoms. The van der Waals surface area contributed by atoms with Crippen LogP contribution in [0.4, 0.5) is 13.2 Å². The average Bonchev–Trinajstić information content (AvgIpc) is 2.91. The van der Waals surface area contributed by atoms with E-state index >= 15 is 0 Å². The molecule has 1 aliphatic rings. The lowest BCUT2D eigenvalue weighted by molar-refractivity contribution is -0.137. The van der Waals surface area contributed by atoms with Gasteiger partial charge in [0.25, 0.3) is 0 Å². The zero-order valence-corrected chi connectivity index (χ0v) is 11.1. The molecule has 1 saturated carbocycles. The Morgan fingerprint density at radius 1 is 1.29 bits per heavy atom. The van der Waals surface area contributed by atoms with E-state index in [1.54, 1.807) is 0 Å². The van der Waals surface area contributed by atoms with Crippen LogP contribution >= 0.6 is 0 Å². The van der Waals surface area contributed by atoms with Crippen LogP contribution in [0.1, 0.15) is 36.8 Å². The summed E-state index contributed by atoms with van der Waals surface area (Å²) in [5.74, 6) is -1.42. The van der Waals surface area contributed by atoms with E-state index in [4.69, 9.17) is 9.94 Å². The maximum absolute atomic E-state index is 12.6. The van der Waals surface area contributed by atoms with Gasteiger partial charge < -0.3 is 9.94 Å². The lowest BCUT2D eigenvalue weighted by Gasteiger charge is -2.10. The van der Waals surface area contributed by atoms with E-state index in [9.17, 15) is 18.0 Å². The van der Waals surface area contributed by atoms with Crippen molar-refractivity contribution in [1.82, 2.24) is 0 Å². The molecule has 1 fully saturated rings. The molecule has 0 radical (unpaired) electrons. The number of rotatable bonds is 4. The van der Waals surface area contributed by atoms with Crippen molar-refractivity contribution in [3.63, 3.8) is 0 Å². The van der Waals surface area contributed by atoms with E-state index in [2.05, 4.69) is 5.16 Å². The molecule has 1 aromatic rings. The van der Waals surface area contributed by atoms with Crippen molar-refractivity contribution in [2.24, 2.45) is 5.16 Å². The predicted octanol–water partition coefficient (Wildman–Crippen LogP) is 3.45. The van der Waals surface area contributed by atoms with Gasteiger partial charge in [-0.2, -0.15) is 13.2 Å². The maximum atomic E-state index is 12.6. The van der Waals surface area contributed by atoms with Crippen molar-refractivity contribution in [3.8, 4) is 0 Å². The standard InChI is InChI=1S/C14H14F3NO3/c15-14(16,17)10-5-3-4-9(8-10)12(13(19)20)18-21-11-6-1-2-7-11/h3-5,8,11H,1-2,6-7H2,(H,19,20)/b18-12-. The third-order valence-corrected chi connectivity index (χ3v) is 3.26. The second kappa shape index (κ2) is 6.15. The zero-order chi connectivity index (χ0) is 15.5. The lowest BCUT2D eigenvalue weighted by Crippen LogP contribution is -2.18. The van der Waals surface area contributed by atoms with Crippen LogP contribution in [0.15, 0.2) is 29.4 Å². The Morgan fingerprint density at radius 2 is 1.95 bits per heavy atom. The fourth-order valence-corrected chi connectivity index (χ4v) is 2.18. The highest BCUT2D eigenvalue weighted by Crippen LogP contribution is 2.29. The van der Waals surface area contributed by atoms with Gasteiger partial charge in [0, 0.05) is 5.56 Å². The Kier molecular flexibility index (Phi) is 4.50. The number of benzene rings is 1. The average molecular weight is 301 g/mol. The zero-order valence-electron chi connectivity index (χ0n) is 11.1. The summed E-state index contributed by atoms with van der Waals surface area (Å²) in [7, 11) is 0. The monoisotopic (exact) mass is 301 g/mol. The molecule has 0 aliphatic heterocycles. The van der Waals surface area contributed by atoms with Crippen molar-refractivity contribution in [3.05, 3.63) is 35.4 Å². The van der Waals surface area contributed by atoms with Crippen molar-refractivity contribution in [1.29, 1.82) is 0 Å². The minimum absolute atomic E-state index is 0.129. The fraction of sp³-hybridized carbons (Fsp3) is 0.429. The summed E-state index contributed by atoms with van der Waals surface area (Å²) in [6.07, 6.45) is -1.19. The van der Waals surface area contributed by atoms with Crippen LogP contribution in [0, 0.1) is 0 Å². The summed E-state index contributed by atoms with van der Waals surface area (Å²) in [5.41, 5.74) is -1.57. The van der Waals surface area contributed by atoms with Gasteiger partial charge in [-0.25, -0.2) is 4.79 Å². The summed E-state index contributed by atoms with van der Waals surface area (Å²) >= 11 is 0. The summed E-state index contributed by atoms with van der Waals surface area (Å²) in [6, 6.07) is 4.04. The molecule has 0 unspecified atom stereocenters. The summed E-state index contributed by atoms with van der Waals surface area (Å²) in [6.45, 7) is 0. The van der Waals surface area contributed by atoms with Crippen LogP contribution in [0.3, 0.4) is 0 Å². The first-order valence-electron chi connectivity index (χ1n) is 6.52. The number of carboxylic acids is 1. The van der Waals surface area contributed by atoms with Gasteiger partial charge in [-0.05, 0) is 37.8 Å². The van der Waals surface area contributed by atoms with Crippen LogP contribution in [0.5, 0.6) is 0 Å². The van der Waals surface area contributed by atoms with Gasteiger partial charge in [0.2, 0.25) is 0 Å². The maximum Gasteiger partial charge on any atom is 0.416 e. The third kappa shape index (κ3) is 3.96. The molecular formula is C14H14F3NO3. The lowest BCUT2D eigenvalue weighted by atomic mass is 10.1. The molecule has 0 aromatic heterocycles. The molecule has 7 heteroatoms. The van der Waals surface area contributed by atoms with Gasteiger partial charge in [-0.1, -0.05) is 17.3 Å². The summed E-state index contributed by atoms with van der Waals surface area (Å²) in [5, 5.41) is 12.7. The van der Waals surface area contributed by atoms with E-state index in [-0.39, 0.29) is 11.7 Å². The second-order valence-corrected chi connectivity index (χ2v) is 4.84. The Hall–Kier alpha value is -2.05. The number of halogens is 3. The van der Waals surface area contributed by atoms with Gasteiger partial charge in [-0.15, -0.1) is 0 Å². The Labute approximate surface area is 119 Å². The van der Waals surface area contributed by atoms with Crippen LogP contribution in [-0.4, -0.2) is 22.9 Å². The first kappa shape index (κ1) is 15.3. The number of alkyl halides is 3. The Morgan fingerprint density at radius 3 is 2.52 bits per heavy atom. The van der Waals surface area contributed by atoms with E-state index in [0.717, 1.165) is 43.9 Å². The van der Waals surface area contributed by atoms with Crippen molar-refractivity contribution >= 4 is 11.7 Å². The number of carbonyl (C=O) groups is 1. The molecule has 1 aliphatic carbocycles. The van der Waals surface area contributed by atoms with Gasteiger partial charge in [0.1, 0.15) is 6.10 Å². The first-order chi connectivity index (χ1) is 9.88. The topological polar surface area (TPSA) is 58.9 Å². The van der Waals surface area contributed by atoms with Gasteiger partial charge in [-0.3, -0.25) is 0 Å². The highest BCUT2D eigenvalue weighted by atomic mass is 19.4. The Bertz CT molecular complexity index is 549. The molecule has 0 heterocycles. The summed E-state index contributed by atoms with van der Waals surface area (Å²) < 4.78 is 37.9. The Balaban J connectivity index is 2.25. The minimum atomic E-state index is -4.54. The van der Waals surface area contributed by atoms with Gasteiger partial charge >= 0.3 is 12.1 Å². The number of hydrogen-bond donors (Lipinski definition) is 1. The van der Waals surface area contributed by atoms with Gasteiger partial charge in [0.05, 0.1) is 5.56 Å². The smallest absolute Gasteiger partial charge is 0.416 e. The SMILES string of the molecule is O=C(O)/C(=N\OC1CCCC1)c1cccc(C(F)(F)F)c1. The molecule has 0 atom stereocenters. The molecule has 114 valence electrons. The van der Waals surface area contributed by atoms with E-state index in [1.807, 2.05) is 0 Å². The molecule has 0 amide bonds. The number of oxime groups is 1. The molecular weight excluding hydrogens is 287 g/mol. The molecule has 1 N–H and O–H groups in total. The first-order valence-corrected chi connectivity index (χ1v) is 6.52. The van der Waals surface area contributed by atoms with Crippen LogP contribution in [-0.2, 0) is 15.8 Å². The highest BCUT2D eigenvalue weighted by Gasteiger charge is 2.31. The minimum Gasteiger partial charge on any atom is -0.476 e. The van der Waals surface area contributed by atoms with Crippen LogP contribution < -0.4 is 0 Å². The predicted molar refractivity (Wildman–Crippen MR) is 69.0 cm³/mol. The van der Waals surface area contributed by atoms with E-state index in [0.29, 0.717) is 0 Å². The van der Waals surface area contributed by atoms with Crippen LogP contribution in [0.25, 0.3) is 0 Å². The number of nitrogens with zero attached hydrogens (tertiary/aromatic N) is 1. The number of aliphatic carboxylic acids is 1. The third-order valence-electron chi connectivity index (χ3n) is 3.26. The highest BCUT2D eigenvalue weighted by molar-refractivity contribution is 6.42. The molecule has 0 spiro atoms. The quantitative estimate of drug-likeness (QED) is 0.684. The number of hydrogen-bond acceptors (Lipinski definition) is 3. The largest absolute Gasteiger partial charge is 0.476 e. The summed E-state index contributed by atoms with van der Waals surface area (Å²) in [4.78, 5) is 16.3. The molecule has 4 nitrogen and oxygen atoms in total. The van der Waals surface area contributed by atoms with E-state index < -0.39 is 23.4 Å². The van der Waals surface area contributed by atoms with Crippen molar-refractivity contribution in [2.45, 2.75) is 38.0 Å². The molecule has 0 saturated heterocycles. The number of carboxylic acid groups (broad SMARTS) is 1. The fourth-order valence-electron chi connectivity index (χ4n) is 2.18. The molecule has 21 heavy (non-hydrogen) atoms. The van der Waals surface area contributed by atoms with E-state index in [1.165, 1.54) is 6.07 Å². The normalized spacial score (nSPS) is 17.0. The second-order valence-electron chi connectivity index (χ2n) is 4.84.